The summed E-state index contributed by atoms with van der Waals surface area (Å²) in [7, 11) is 1.53. The second kappa shape index (κ2) is 8.52. The lowest BCUT2D eigenvalue weighted by atomic mass is 10.1. The number of ether oxygens (including phenoxy) is 1. The van der Waals surface area contributed by atoms with Crippen LogP contribution in [0.2, 0.25) is 5.02 Å². The molecule has 1 aromatic carbocycles. The van der Waals surface area contributed by atoms with E-state index >= 15 is 0 Å². The first kappa shape index (κ1) is 20.2. The van der Waals surface area contributed by atoms with Gasteiger partial charge >= 0.3 is 6.18 Å². The zero-order valence-corrected chi connectivity index (χ0v) is 15.2. The first-order valence-electron chi connectivity index (χ1n) is 7.29. The predicted octanol–water partition coefficient (Wildman–Crippen LogP) is 4.14. The van der Waals surface area contributed by atoms with Gasteiger partial charge in [-0.15, -0.1) is 0 Å². The molecule has 2 N–H and O–H groups in total. The first-order chi connectivity index (χ1) is 12.2. The molecule has 140 valence electrons. The highest BCUT2D eigenvalue weighted by Crippen LogP contribution is 2.36. The van der Waals surface area contributed by atoms with Gasteiger partial charge in [0.15, 0.2) is 5.11 Å². The molecule has 1 aromatic heterocycles. The molecule has 1 heterocycles. The van der Waals surface area contributed by atoms with Gasteiger partial charge in [-0.1, -0.05) is 11.6 Å². The van der Waals surface area contributed by atoms with Crippen LogP contribution in [0.15, 0.2) is 39.9 Å². The number of furan rings is 1. The SMILES string of the molecule is COCCN(N=Cc1ccc(-c2cc(C(F)(F)F)ccc2Cl)o1)C(N)=S. The summed E-state index contributed by atoms with van der Waals surface area (Å²) < 4.78 is 49.1. The van der Waals surface area contributed by atoms with Gasteiger partial charge in [0.1, 0.15) is 11.5 Å². The van der Waals surface area contributed by atoms with Gasteiger partial charge in [0.25, 0.3) is 0 Å². The third kappa shape index (κ3) is 5.20. The fourth-order valence-electron chi connectivity index (χ4n) is 1.99. The molecule has 0 aliphatic rings. The second-order valence-corrected chi connectivity index (χ2v) is 5.92. The van der Waals surface area contributed by atoms with Crippen molar-refractivity contribution in [1.29, 1.82) is 0 Å². The van der Waals surface area contributed by atoms with Gasteiger partial charge in [0.2, 0.25) is 0 Å². The van der Waals surface area contributed by atoms with E-state index in [9.17, 15) is 13.2 Å². The summed E-state index contributed by atoms with van der Waals surface area (Å²) in [6.45, 7) is 0.702. The quantitative estimate of drug-likeness (QED) is 0.444. The van der Waals surface area contributed by atoms with E-state index in [0.29, 0.717) is 18.9 Å². The number of nitrogens with two attached hydrogens (primary N) is 1. The van der Waals surface area contributed by atoms with Crippen LogP contribution in [-0.2, 0) is 10.9 Å². The Balaban J connectivity index is 2.24. The predicted molar refractivity (Wildman–Crippen MR) is 97.1 cm³/mol. The average molecular weight is 406 g/mol. The fourth-order valence-corrected chi connectivity index (χ4v) is 2.34. The van der Waals surface area contributed by atoms with Gasteiger partial charge in [-0.2, -0.15) is 18.3 Å². The van der Waals surface area contributed by atoms with Crippen molar-refractivity contribution in [2.24, 2.45) is 10.8 Å². The summed E-state index contributed by atoms with van der Waals surface area (Å²) in [6.07, 6.45) is -3.13. The van der Waals surface area contributed by atoms with Crippen LogP contribution < -0.4 is 5.73 Å². The Hall–Kier alpha value is -2.10. The Morgan fingerprint density at radius 2 is 2.12 bits per heavy atom. The third-order valence-electron chi connectivity index (χ3n) is 3.27. The van der Waals surface area contributed by atoms with Gasteiger partial charge in [-0.05, 0) is 42.5 Å². The smallest absolute Gasteiger partial charge is 0.416 e. The molecular weight excluding hydrogens is 391 g/mol. The van der Waals surface area contributed by atoms with Crippen molar-refractivity contribution in [1.82, 2.24) is 5.01 Å². The lowest BCUT2D eigenvalue weighted by Crippen LogP contribution is -2.33. The number of nitrogens with zero attached hydrogens (tertiary/aromatic N) is 2. The van der Waals surface area contributed by atoms with Gasteiger partial charge in [0, 0.05) is 12.7 Å². The molecular formula is C16H15ClF3N3O2S. The first-order valence-corrected chi connectivity index (χ1v) is 8.08. The third-order valence-corrected chi connectivity index (χ3v) is 3.81. The van der Waals surface area contributed by atoms with E-state index in [0.717, 1.165) is 12.1 Å². The molecule has 0 spiro atoms. The summed E-state index contributed by atoms with van der Waals surface area (Å²) in [5.74, 6) is 0.480. The van der Waals surface area contributed by atoms with Gasteiger partial charge in [-0.25, -0.2) is 5.01 Å². The van der Waals surface area contributed by atoms with Crippen LogP contribution in [0.4, 0.5) is 13.2 Å². The number of hydrazone groups is 1. The van der Waals surface area contributed by atoms with Crippen LogP contribution in [0.1, 0.15) is 11.3 Å². The minimum absolute atomic E-state index is 0.0472. The molecule has 0 aliphatic carbocycles. The van der Waals surface area contributed by atoms with Crippen molar-refractivity contribution >= 4 is 35.1 Å². The van der Waals surface area contributed by atoms with Crippen molar-refractivity contribution in [2.75, 3.05) is 20.3 Å². The Labute approximate surface area is 158 Å². The number of rotatable bonds is 6. The number of hydrogen-bond donors (Lipinski definition) is 1. The number of alkyl halides is 3. The Morgan fingerprint density at radius 3 is 2.73 bits per heavy atom. The van der Waals surface area contributed by atoms with E-state index < -0.39 is 11.7 Å². The van der Waals surface area contributed by atoms with Crippen molar-refractivity contribution in [2.45, 2.75) is 6.18 Å². The minimum atomic E-state index is -4.48. The maximum Gasteiger partial charge on any atom is 0.416 e. The Morgan fingerprint density at radius 1 is 1.38 bits per heavy atom. The van der Waals surface area contributed by atoms with Crippen LogP contribution in [0.5, 0.6) is 0 Å². The van der Waals surface area contributed by atoms with E-state index in [1.54, 1.807) is 6.07 Å². The van der Waals surface area contributed by atoms with E-state index in [-0.39, 0.29) is 21.5 Å². The molecule has 10 heteroatoms. The summed E-state index contributed by atoms with van der Waals surface area (Å²) >= 11 is 10.9. The second-order valence-electron chi connectivity index (χ2n) is 5.09. The van der Waals surface area contributed by atoms with Crippen molar-refractivity contribution in [3.63, 3.8) is 0 Å². The maximum atomic E-state index is 12.9. The van der Waals surface area contributed by atoms with Gasteiger partial charge in [0.05, 0.1) is 30.0 Å². The molecule has 0 aliphatic heterocycles. The lowest BCUT2D eigenvalue weighted by Gasteiger charge is -2.15. The molecule has 0 saturated heterocycles. The highest BCUT2D eigenvalue weighted by Gasteiger charge is 2.31. The molecule has 5 nitrogen and oxygen atoms in total. The molecule has 0 atom stereocenters. The molecule has 2 aromatic rings. The topological polar surface area (TPSA) is 64.0 Å². The highest BCUT2D eigenvalue weighted by atomic mass is 35.5. The minimum Gasteiger partial charge on any atom is -0.455 e. The van der Waals surface area contributed by atoms with E-state index in [1.807, 2.05) is 0 Å². The zero-order valence-electron chi connectivity index (χ0n) is 13.6. The highest BCUT2D eigenvalue weighted by molar-refractivity contribution is 7.80. The molecule has 0 amide bonds. The van der Waals surface area contributed by atoms with E-state index in [1.165, 1.54) is 30.5 Å². The van der Waals surface area contributed by atoms with Crippen LogP contribution >= 0.6 is 23.8 Å². The molecule has 26 heavy (non-hydrogen) atoms. The fraction of sp³-hybridized carbons (Fsp3) is 0.250. The molecule has 2 rings (SSSR count). The zero-order chi connectivity index (χ0) is 19.3. The average Bonchev–Trinajstić information content (AvgIpc) is 3.02. The van der Waals surface area contributed by atoms with Crippen LogP contribution in [0.3, 0.4) is 0 Å². The summed E-state index contributed by atoms with van der Waals surface area (Å²) in [5.41, 5.74) is 4.86. The number of hydrogen-bond acceptors (Lipinski definition) is 4. The standard InChI is InChI=1S/C16H15ClF3N3O2S/c1-24-7-6-23(15(21)26)22-9-11-3-5-14(25-11)12-8-10(16(18,19)20)2-4-13(12)17/h2-5,8-9H,6-7H2,1H3,(H2,21,26). The maximum absolute atomic E-state index is 12.9. The lowest BCUT2D eigenvalue weighted by molar-refractivity contribution is -0.137. The summed E-state index contributed by atoms with van der Waals surface area (Å²) in [5, 5.41) is 5.59. The van der Waals surface area contributed by atoms with E-state index in [4.69, 9.17) is 38.7 Å². The van der Waals surface area contributed by atoms with Crippen molar-refractivity contribution < 1.29 is 22.3 Å². The summed E-state index contributed by atoms with van der Waals surface area (Å²) in [6, 6.07) is 6.07. The van der Waals surface area contributed by atoms with Crippen LogP contribution in [-0.4, -0.2) is 36.6 Å². The Bertz CT molecular complexity index is 808. The largest absolute Gasteiger partial charge is 0.455 e. The van der Waals surface area contributed by atoms with Crippen molar-refractivity contribution in [3.8, 4) is 11.3 Å². The van der Waals surface area contributed by atoms with Gasteiger partial charge < -0.3 is 14.9 Å². The number of thiocarbonyl (C=S) groups is 1. The molecule has 0 unspecified atom stereocenters. The molecule has 0 fully saturated rings. The molecule has 0 bridgehead atoms. The van der Waals surface area contributed by atoms with Crippen LogP contribution in [0, 0.1) is 0 Å². The van der Waals surface area contributed by atoms with Crippen LogP contribution in [0.25, 0.3) is 11.3 Å². The summed E-state index contributed by atoms with van der Waals surface area (Å²) in [4.78, 5) is 0. The van der Waals surface area contributed by atoms with Gasteiger partial charge in [-0.3, -0.25) is 0 Å². The number of benzene rings is 1. The molecule has 0 radical (unpaired) electrons. The monoisotopic (exact) mass is 405 g/mol. The van der Waals surface area contributed by atoms with E-state index in [2.05, 4.69) is 5.10 Å². The molecule has 0 saturated carbocycles. The number of methoxy groups -OCH3 is 1. The Kier molecular flexibility index (Phi) is 6.63. The normalized spacial score (nSPS) is 11.9. The van der Waals surface area contributed by atoms with Crippen molar-refractivity contribution in [3.05, 3.63) is 46.7 Å². The number of halogens is 4.